The number of para-hydroxylation sites is 2. The van der Waals surface area contributed by atoms with Crippen molar-refractivity contribution < 1.29 is 47.5 Å². The summed E-state index contributed by atoms with van der Waals surface area (Å²) in [5.74, 6) is -4.14. The highest BCUT2D eigenvalue weighted by atomic mass is 31.2. The first-order valence-corrected chi connectivity index (χ1v) is 19.2. The van der Waals surface area contributed by atoms with E-state index in [1.807, 2.05) is 0 Å². The Morgan fingerprint density at radius 3 is 2.29 bits per heavy atom. The van der Waals surface area contributed by atoms with Gasteiger partial charge in [0.05, 0.1) is 28.9 Å². The number of aromatic nitrogens is 2. The van der Waals surface area contributed by atoms with Crippen molar-refractivity contribution in [1.82, 2.24) is 15.3 Å². The highest BCUT2D eigenvalue weighted by Gasteiger charge is 2.42. The number of rotatable bonds is 17. The Kier molecular flexibility index (Phi) is 13.5. The number of nitrogens with two attached hydrogens (primary N) is 2. The van der Waals surface area contributed by atoms with Crippen LogP contribution >= 0.6 is 7.82 Å². The number of esters is 1. The third-order valence-corrected chi connectivity index (χ3v) is 9.85. The molecule has 1 aromatic heterocycles. The van der Waals surface area contributed by atoms with E-state index in [2.05, 4.69) is 15.3 Å². The first-order valence-electron chi connectivity index (χ1n) is 17.7. The lowest BCUT2D eigenvalue weighted by Crippen LogP contribution is -2.53. The molecule has 0 fully saturated rings. The zero-order valence-corrected chi connectivity index (χ0v) is 32.5. The van der Waals surface area contributed by atoms with Gasteiger partial charge in [-0.25, -0.2) is 13.9 Å². The number of carbonyl (C=O) groups excluding carboxylic acids is 3. The number of phosphoric ester groups is 1. The van der Waals surface area contributed by atoms with E-state index < -0.39 is 66.5 Å². The van der Waals surface area contributed by atoms with Gasteiger partial charge in [0.1, 0.15) is 29.4 Å². The number of primary amides is 1. The van der Waals surface area contributed by atoms with Crippen LogP contribution in [0.5, 0.6) is 5.75 Å². The van der Waals surface area contributed by atoms with Gasteiger partial charge in [-0.1, -0.05) is 44.2 Å². The predicted molar refractivity (Wildman–Crippen MR) is 203 cm³/mol. The third-order valence-electron chi connectivity index (χ3n) is 9.42. The lowest BCUT2D eigenvalue weighted by Gasteiger charge is -2.36. The molecule has 14 nitrogen and oxygen atoms in total. The molecule has 4 rings (SSSR count). The van der Waals surface area contributed by atoms with E-state index in [1.54, 1.807) is 77.9 Å². The minimum atomic E-state index is -5.04. The Morgan fingerprint density at radius 2 is 1.67 bits per heavy atom. The maximum absolute atomic E-state index is 14.5. The molecule has 4 atom stereocenters. The van der Waals surface area contributed by atoms with Crippen LogP contribution < -0.4 is 21.3 Å². The normalized spacial score (nSPS) is 14.5. The van der Waals surface area contributed by atoms with Crippen molar-refractivity contribution in [2.75, 3.05) is 0 Å². The van der Waals surface area contributed by atoms with E-state index in [1.165, 1.54) is 30.5 Å². The van der Waals surface area contributed by atoms with Crippen LogP contribution in [0.2, 0.25) is 0 Å². The van der Waals surface area contributed by atoms with E-state index in [-0.39, 0.29) is 42.7 Å². The van der Waals surface area contributed by atoms with Crippen molar-refractivity contribution in [2.45, 2.75) is 96.4 Å². The van der Waals surface area contributed by atoms with E-state index in [4.69, 9.17) is 20.7 Å². The van der Waals surface area contributed by atoms with Gasteiger partial charge in [0.2, 0.25) is 5.91 Å². The maximum Gasteiger partial charge on any atom is 0.524 e. The summed E-state index contributed by atoms with van der Waals surface area (Å²) in [6.07, 6.45) is -0.116. The molecule has 0 saturated carbocycles. The second-order valence-corrected chi connectivity index (χ2v) is 16.2. The van der Waals surface area contributed by atoms with Gasteiger partial charge in [0.15, 0.2) is 0 Å². The Labute approximate surface area is 319 Å². The third kappa shape index (κ3) is 11.8. The number of hydrogen-bond donors (Lipinski definition) is 6. The molecule has 3 aromatic carbocycles. The van der Waals surface area contributed by atoms with Gasteiger partial charge in [0, 0.05) is 16.9 Å². The number of benzene rings is 3. The van der Waals surface area contributed by atoms with Crippen LogP contribution in [0.3, 0.4) is 0 Å². The number of halogens is 1. The second-order valence-electron chi connectivity index (χ2n) is 15.1. The average molecular weight is 782 g/mol. The number of hydrogen-bond acceptors (Lipinski definition) is 10. The van der Waals surface area contributed by atoms with Crippen LogP contribution in [-0.4, -0.2) is 66.4 Å². The maximum atomic E-state index is 14.5. The number of nitrogens with one attached hydrogen (secondary N) is 1. The molecule has 4 aromatic rings. The summed E-state index contributed by atoms with van der Waals surface area (Å²) in [5, 5.41) is 13.3. The fourth-order valence-corrected chi connectivity index (χ4v) is 7.01. The summed E-state index contributed by atoms with van der Waals surface area (Å²) in [4.78, 5) is 69.1. The zero-order valence-electron chi connectivity index (χ0n) is 31.7. The lowest BCUT2D eigenvalue weighted by molar-refractivity contribution is -0.155. The fourth-order valence-electron chi connectivity index (χ4n) is 6.61. The van der Waals surface area contributed by atoms with Crippen molar-refractivity contribution in [1.29, 1.82) is 0 Å². The number of aliphatic hydroxyl groups is 1. The molecule has 55 heavy (non-hydrogen) atoms. The number of ether oxygens (including phenoxy) is 1. The highest BCUT2D eigenvalue weighted by molar-refractivity contribution is 7.46. The van der Waals surface area contributed by atoms with Crippen LogP contribution in [0.4, 0.5) is 4.39 Å². The molecule has 8 N–H and O–H groups in total. The standard InChI is InChI=1S/C39H49FN5O9P/c1-22-16-23(2)33(32(17-22)54-55(50,51)52)39(5,6)34(41)37(48)53-31(20-25(35(42)46)14-15-38(3,4)49)29(19-24-10-9-11-26(40)18-24)45-36(47)30-21-43-27-12-7-8-13-28(27)44-30/h7-13,16-18,21,25,29,31,34,49H,14-15,19-20,41H2,1-6H3,(H2,42,46)(H,45,47)(H2,50,51,52). The van der Waals surface area contributed by atoms with Gasteiger partial charge in [-0.3, -0.25) is 29.2 Å². The van der Waals surface area contributed by atoms with Crippen molar-refractivity contribution in [3.8, 4) is 5.75 Å². The molecule has 0 radical (unpaired) electrons. The molecule has 0 bridgehead atoms. The molecule has 0 aliphatic carbocycles. The molecule has 0 aliphatic heterocycles. The van der Waals surface area contributed by atoms with Crippen LogP contribution in [0.25, 0.3) is 11.0 Å². The highest BCUT2D eigenvalue weighted by Crippen LogP contribution is 2.45. The summed E-state index contributed by atoms with van der Waals surface area (Å²) >= 11 is 0. The van der Waals surface area contributed by atoms with Gasteiger partial charge in [0.25, 0.3) is 5.91 Å². The molecule has 4 unspecified atom stereocenters. The Morgan fingerprint density at radius 1 is 1.00 bits per heavy atom. The predicted octanol–water partition coefficient (Wildman–Crippen LogP) is 4.46. The molecule has 0 spiro atoms. The second kappa shape index (κ2) is 17.3. The van der Waals surface area contributed by atoms with E-state index >= 15 is 0 Å². The van der Waals surface area contributed by atoms with E-state index in [0.29, 0.717) is 27.7 Å². The minimum absolute atomic E-state index is 0.0632. The topological polar surface area (TPSA) is 237 Å². The van der Waals surface area contributed by atoms with Crippen molar-refractivity contribution in [2.24, 2.45) is 17.4 Å². The number of phosphoric acid groups is 1. The molecular weight excluding hydrogens is 732 g/mol. The summed E-state index contributed by atoms with van der Waals surface area (Å²) in [6, 6.07) is 13.1. The van der Waals surface area contributed by atoms with Crippen LogP contribution in [0.15, 0.2) is 66.9 Å². The summed E-state index contributed by atoms with van der Waals surface area (Å²) in [7, 11) is -5.04. The Hall–Kier alpha value is -4.79. The first kappa shape index (κ1) is 42.9. The molecule has 1 heterocycles. The number of nitrogens with zero attached hydrogens (tertiary/aromatic N) is 2. The van der Waals surface area contributed by atoms with Gasteiger partial charge in [-0.05, 0) is 100 Å². The number of aryl methyl sites for hydroxylation is 2. The molecule has 16 heteroatoms. The number of fused-ring (bicyclic) bond motifs is 1. The van der Waals surface area contributed by atoms with Crippen molar-refractivity contribution in [3.63, 3.8) is 0 Å². The SMILES string of the molecule is Cc1cc(C)c(C(C)(C)C(N)C(=O)OC(CC(CCC(C)(C)O)C(N)=O)C(Cc2cccc(F)c2)NC(=O)c2cnc3ccccc3n2)c(OP(=O)(O)O)c1. The van der Waals surface area contributed by atoms with Crippen molar-refractivity contribution >= 4 is 36.6 Å². The summed E-state index contributed by atoms with van der Waals surface area (Å²) < 4.78 is 37.6. The lowest BCUT2D eigenvalue weighted by atomic mass is 9.75. The van der Waals surface area contributed by atoms with Crippen LogP contribution in [-0.2, 0) is 30.7 Å². The number of carbonyl (C=O) groups is 3. The smallest absolute Gasteiger partial charge is 0.459 e. The molecular formula is C39H49FN5O9P. The average Bonchev–Trinajstić information content (AvgIpc) is 3.06. The zero-order chi connectivity index (χ0) is 40.9. The van der Waals surface area contributed by atoms with Gasteiger partial charge in [-0.15, -0.1) is 0 Å². The Bertz CT molecular complexity index is 2080. The van der Waals surface area contributed by atoms with Gasteiger partial charge >= 0.3 is 13.8 Å². The summed E-state index contributed by atoms with van der Waals surface area (Å²) in [5.41, 5.74) is 12.7. The molecule has 0 aliphatic rings. The van der Waals surface area contributed by atoms with E-state index in [0.717, 1.165) is 0 Å². The largest absolute Gasteiger partial charge is 0.524 e. The van der Waals surface area contributed by atoms with Gasteiger partial charge in [-0.2, -0.15) is 0 Å². The summed E-state index contributed by atoms with van der Waals surface area (Å²) in [6.45, 7) is 9.68. The van der Waals surface area contributed by atoms with E-state index in [9.17, 15) is 38.2 Å². The van der Waals surface area contributed by atoms with Gasteiger partial charge < -0.3 is 31.2 Å². The van der Waals surface area contributed by atoms with Crippen LogP contribution in [0.1, 0.15) is 79.7 Å². The quantitative estimate of drug-likeness (QED) is 0.0644. The monoisotopic (exact) mass is 781 g/mol. The molecule has 0 saturated heterocycles. The number of amides is 2. The first-order chi connectivity index (χ1) is 25.5. The van der Waals surface area contributed by atoms with Crippen molar-refractivity contribution in [3.05, 3.63) is 101 Å². The Balaban J connectivity index is 1.78. The minimum Gasteiger partial charge on any atom is -0.459 e. The van der Waals surface area contributed by atoms with Crippen LogP contribution in [0, 0.1) is 25.6 Å². The molecule has 2 amide bonds. The fraction of sp³-hybridized carbons (Fsp3) is 0.410. The molecule has 296 valence electrons.